The molecule has 20 heteroatoms. The molecule has 0 saturated carbocycles. The predicted octanol–water partition coefficient (Wildman–Crippen LogP) is 5.85. The summed E-state index contributed by atoms with van der Waals surface area (Å²) < 4.78 is 73.8. The number of carbonyl (C=O) groups is 2. The Labute approximate surface area is 488 Å². The van der Waals surface area contributed by atoms with E-state index in [1.807, 2.05) is 75.3 Å². The summed E-state index contributed by atoms with van der Waals surface area (Å²) in [6.45, 7) is 16.9. The zero-order chi connectivity index (χ0) is 60.7. The van der Waals surface area contributed by atoms with Crippen molar-refractivity contribution in [3.8, 4) is 0 Å². The van der Waals surface area contributed by atoms with Crippen LogP contribution in [0.1, 0.15) is 121 Å². The smallest absolute Gasteiger partial charge is 0.311 e. The highest BCUT2D eigenvalue weighted by Crippen LogP contribution is 2.56. The fourth-order valence-electron chi connectivity index (χ4n) is 13.2. The number of methoxy groups -OCH3 is 1. The van der Waals surface area contributed by atoms with Gasteiger partial charge in [0.2, 0.25) is 5.91 Å². The fourth-order valence-corrected chi connectivity index (χ4v) is 18.2. The molecule has 3 aromatic carbocycles. The molecule has 6 rings (SSSR count). The third-order valence-electron chi connectivity index (χ3n) is 18.1. The highest BCUT2D eigenvalue weighted by molar-refractivity contribution is 7.95. The van der Waals surface area contributed by atoms with Gasteiger partial charge in [0, 0.05) is 44.5 Å². The van der Waals surface area contributed by atoms with Gasteiger partial charge in [-0.15, -0.1) is 0 Å². The molecule has 1 amide bonds. The number of esters is 1. The maximum absolute atomic E-state index is 15.0. The van der Waals surface area contributed by atoms with E-state index in [4.69, 9.17) is 28.4 Å². The molecule has 0 bridgehead atoms. The van der Waals surface area contributed by atoms with Crippen molar-refractivity contribution >= 4 is 45.2 Å². The third-order valence-corrected chi connectivity index (χ3v) is 23.4. The monoisotopic (exact) mass is 1190 g/mol. The van der Waals surface area contributed by atoms with Crippen LogP contribution in [-0.2, 0) is 48.1 Å². The lowest BCUT2D eigenvalue weighted by atomic mass is 9.75. The lowest BCUT2D eigenvalue weighted by Gasteiger charge is -2.48. The summed E-state index contributed by atoms with van der Waals surface area (Å²) in [6, 6.07) is 25.1. The first-order chi connectivity index (χ1) is 38.5. The molecule has 0 unspecified atom stereocenters. The molecule has 3 aliphatic rings. The number of ether oxygens (including phenoxy) is 6. The number of rotatable bonds is 18. The van der Waals surface area contributed by atoms with Gasteiger partial charge in [0.1, 0.15) is 41.5 Å². The topological polar surface area (TPSA) is 252 Å². The van der Waals surface area contributed by atoms with Crippen molar-refractivity contribution in [2.75, 3.05) is 40.5 Å². The summed E-state index contributed by atoms with van der Waals surface area (Å²) in [4.78, 5) is 33.2. The third kappa shape index (κ3) is 15.2. The standard InChI is InChI=1S/C62H95N2O16PS/c1-14-50-60(8,38-65)55(68)43(6)64(51(66)31-22-17-23-32-81(45-25-18-15-19-26-45,46-27-20-16-21-28-46)47-29-24-30-48(34-47)82(72,73)74)37-39(2)35-61(9,71)57(80-59-53(67)49(63(11)12)33-40(3)76-59)41(4)54(42(5)58(70)78-50)79-52-36-62(10,75-13)56(69)44(7)77-52/h15-16,18-21,24-30,34,39-44,49-50,52-57,59,65,67-69,71H,14,17,22-23,31-33,35-38H2,1-13H3/p+1/t39-,40-,41+,42-,43-,44+,49+,50-,52+,53-,54+,55-,56+,57-,59+,60-,61-,62-/m1/s1. The van der Waals surface area contributed by atoms with Crippen LogP contribution < -0.4 is 15.9 Å². The number of amides is 1. The number of unbranched alkanes of at least 4 members (excludes halogenated alkanes) is 2. The lowest BCUT2D eigenvalue weighted by molar-refractivity contribution is -0.318. The first-order valence-electron chi connectivity index (χ1n) is 29.3. The van der Waals surface area contributed by atoms with Crippen LogP contribution in [0, 0.1) is 23.2 Å². The summed E-state index contributed by atoms with van der Waals surface area (Å²) in [5.74, 6) is -3.48. The van der Waals surface area contributed by atoms with Crippen LogP contribution in [0.2, 0.25) is 0 Å². The van der Waals surface area contributed by atoms with E-state index in [9.17, 15) is 43.3 Å². The van der Waals surface area contributed by atoms with Gasteiger partial charge in [-0.2, -0.15) is 8.42 Å². The maximum atomic E-state index is 15.0. The molecule has 0 radical (unpaired) electrons. The minimum atomic E-state index is -4.52. The van der Waals surface area contributed by atoms with Crippen LogP contribution in [0.15, 0.2) is 89.8 Å². The molecule has 18 nitrogen and oxygen atoms in total. The van der Waals surface area contributed by atoms with Gasteiger partial charge in [-0.1, -0.05) is 70.2 Å². The average Bonchev–Trinajstić information content (AvgIpc) is 3.65. The quantitative estimate of drug-likeness (QED) is 0.0378. The minimum Gasteiger partial charge on any atom is -0.461 e. The summed E-state index contributed by atoms with van der Waals surface area (Å²) in [6.07, 6.45) is -7.23. The Morgan fingerprint density at radius 2 is 1.44 bits per heavy atom. The zero-order valence-electron chi connectivity index (χ0n) is 50.5. The van der Waals surface area contributed by atoms with E-state index in [0.717, 1.165) is 15.9 Å². The largest absolute Gasteiger partial charge is 0.461 e. The number of carbonyl (C=O) groups excluding carboxylic acids is 2. The molecule has 18 atom stereocenters. The first-order valence-corrected chi connectivity index (χ1v) is 32.7. The highest BCUT2D eigenvalue weighted by atomic mass is 32.2. The summed E-state index contributed by atoms with van der Waals surface area (Å²) in [5.41, 5.74) is -4.38. The van der Waals surface area contributed by atoms with Crippen molar-refractivity contribution in [3.63, 3.8) is 0 Å². The van der Waals surface area contributed by atoms with E-state index < -0.39 is 126 Å². The van der Waals surface area contributed by atoms with Crippen molar-refractivity contribution in [2.45, 2.75) is 210 Å². The fraction of sp³-hybridized carbons (Fsp3) is 0.677. The number of likely N-dealkylation sites (N-methyl/N-ethyl adjacent to an activating group) is 1. The highest BCUT2D eigenvalue weighted by Gasteiger charge is 2.54. The van der Waals surface area contributed by atoms with Gasteiger partial charge in [0.15, 0.2) is 12.6 Å². The van der Waals surface area contributed by atoms with E-state index in [1.165, 1.54) is 13.2 Å². The average molecular weight is 1190 g/mol. The predicted molar refractivity (Wildman–Crippen MR) is 316 cm³/mol. The SMILES string of the molecule is CC[C@H]1OC(=O)[C@H](C)[C@@H](O[C@H]2C[C@@](C)(OC)[C@@H](O)[C@H](C)O2)[C@H](C)[C@@H](O[C@@H]2O[C@H](C)C[C@H](N(C)C)[C@H]2O)[C@](C)(O)C[C@@H](C)CN(C(=O)CCCCC[P+](c2ccccc2)(c2ccccc2)c2cccc(S(=O)(=O)O)c2)[C@H](C)[C@@H](O)[C@]1(C)CO. The number of hydrogen-bond donors (Lipinski definition) is 6. The van der Waals surface area contributed by atoms with E-state index in [1.54, 1.807) is 72.4 Å². The molecular formula is C62H96N2O16PS+. The minimum absolute atomic E-state index is 0.0128. The molecule has 0 aliphatic carbocycles. The van der Waals surface area contributed by atoms with Crippen LogP contribution >= 0.6 is 7.26 Å². The van der Waals surface area contributed by atoms with Gasteiger partial charge >= 0.3 is 5.97 Å². The van der Waals surface area contributed by atoms with Gasteiger partial charge in [-0.05, 0) is 136 Å². The molecule has 0 aromatic heterocycles. The Bertz CT molecular complexity index is 2600. The number of cyclic esters (lactones) is 1. The lowest BCUT2D eigenvalue weighted by Crippen LogP contribution is -2.60. The van der Waals surface area contributed by atoms with E-state index in [-0.39, 0.29) is 55.2 Å². The van der Waals surface area contributed by atoms with Gasteiger partial charge < -0.3 is 63.8 Å². The Hall–Kier alpha value is -3.50. The number of benzene rings is 3. The van der Waals surface area contributed by atoms with Crippen LogP contribution in [0.4, 0.5) is 0 Å². The molecule has 3 fully saturated rings. The molecular weight excluding hydrogens is 1090 g/mol. The number of nitrogens with zero attached hydrogens (tertiary/aromatic N) is 2. The second-order valence-corrected chi connectivity index (χ2v) is 29.7. The van der Waals surface area contributed by atoms with Crippen molar-refractivity contribution in [3.05, 3.63) is 84.9 Å². The molecule has 3 aliphatic heterocycles. The Morgan fingerprint density at radius 3 is 2.00 bits per heavy atom. The van der Waals surface area contributed by atoms with Crippen LogP contribution in [0.25, 0.3) is 0 Å². The van der Waals surface area contributed by atoms with Crippen molar-refractivity contribution in [1.82, 2.24) is 9.80 Å². The summed E-state index contributed by atoms with van der Waals surface area (Å²) in [5, 5.41) is 62.9. The van der Waals surface area contributed by atoms with Gasteiger partial charge in [0.25, 0.3) is 10.1 Å². The van der Waals surface area contributed by atoms with Gasteiger partial charge in [-0.25, -0.2) is 0 Å². The normalized spacial score (nSPS) is 35.8. The molecule has 0 spiro atoms. The van der Waals surface area contributed by atoms with Crippen molar-refractivity contribution < 1.29 is 76.5 Å². The molecule has 3 aromatic rings. The van der Waals surface area contributed by atoms with Crippen LogP contribution in [0.3, 0.4) is 0 Å². The van der Waals surface area contributed by atoms with E-state index >= 15 is 4.79 Å². The second kappa shape index (κ2) is 28.3. The summed E-state index contributed by atoms with van der Waals surface area (Å²) in [7, 11) is -1.87. The first kappa shape index (κ1) is 67.6. The Balaban J connectivity index is 1.36. The molecule has 6 N–H and O–H groups in total. The second-order valence-electron chi connectivity index (χ2n) is 24.7. The number of aliphatic hydroxyl groups is 5. The van der Waals surface area contributed by atoms with Crippen molar-refractivity contribution in [2.24, 2.45) is 23.2 Å². The van der Waals surface area contributed by atoms with Crippen LogP contribution in [-0.4, -0.2) is 185 Å². The maximum Gasteiger partial charge on any atom is 0.311 e. The van der Waals surface area contributed by atoms with E-state index in [0.29, 0.717) is 31.8 Å². The molecule has 3 saturated heterocycles. The van der Waals surface area contributed by atoms with E-state index in [2.05, 4.69) is 24.3 Å². The summed E-state index contributed by atoms with van der Waals surface area (Å²) >= 11 is 0. The van der Waals surface area contributed by atoms with Gasteiger partial charge in [-0.3, -0.25) is 14.1 Å². The zero-order valence-corrected chi connectivity index (χ0v) is 52.2. The molecule has 460 valence electrons. The molecule has 82 heavy (non-hydrogen) atoms. The van der Waals surface area contributed by atoms with Crippen LogP contribution in [0.5, 0.6) is 0 Å². The Kier molecular flexibility index (Phi) is 23.4. The van der Waals surface area contributed by atoms with Crippen molar-refractivity contribution in [1.29, 1.82) is 0 Å². The number of hydrogen-bond acceptors (Lipinski definition) is 16. The molecule has 3 heterocycles. The number of aliphatic hydroxyl groups excluding tert-OH is 4. The Morgan fingerprint density at radius 1 is 0.829 bits per heavy atom. The van der Waals surface area contributed by atoms with Gasteiger partial charge in [0.05, 0.1) is 76.8 Å².